The van der Waals surface area contributed by atoms with Crippen LogP contribution in [0.1, 0.15) is 96.7 Å². The minimum Gasteiger partial charge on any atom is -0.459 e. The number of imidazole rings is 1. The van der Waals surface area contributed by atoms with Crippen LogP contribution < -0.4 is 5.19 Å². The number of rotatable bonds is 8. The van der Waals surface area contributed by atoms with Crippen LogP contribution in [0.5, 0.6) is 0 Å². The minimum atomic E-state index is -2.41. The van der Waals surface area contributed by atoms with Crippen molar-refractivity contribution < 1.29 is 33.0 Å². The normalized spacial score (nSPS) is 12.8. The Hall–Kier alpha value is -4.82. The number of aromatic nitrogens is 5. The van der Waals surface area contributed by atoms with E-state index < -0.39 is 20.7 Å². The van der Waals surface area contributed by atoms with Crippen LogP contribution in [0.4, 0.5) is 4.39 Å². The number of para-hydroxylation sites is 1. The van der Waals surface area contributed by atoms with E-state index in [0.29, 0.717) is 40.3 Å². The fourth-order valence-electron chi connectivity index (χ4n) is 8.04. The summed E-state index contributed by atoms with van der Waals surface area (Å²) in [4.78, 5) is 18.9. The van der Waals surface area contributed by atoms with Gasteiger partial charge >= 0.3 is 0 Å². The van der Waals surface area contributed by atoms with Crippen LogP contribution in [0.15, 0.2) is 77.5 Å². The van der Waals surface area contributed by atoms with Gasteiger partial charge in [0.25, 0.3) is 0 Å². The van der Waals surface area contributed by atoms with Gasteiger partial charge in [-0.1, -0.05) is 109 Å². The molecule has 0 atom stereocenters. The Morgan fingerprint density at radius 3 is 2.22 bits per heavy atom. The molecule has 1 radical (unpaired) electrons. The van der Waals surface area contributed by atoms with Gasteiger partial charge in [-0.05, 0) is 84.6 Å². The van der Waals surface area contributed by atoms with Gasteiger partial charge in [0.05, 0.1) is 36.7 Å². The zero-order valence-electron chi connectivity index (χ0n) is 39.7. The van der Waals surface area contributed by atoms with Crippen LogP contribution in [0, 0.1) is 51.5 Å². The van der Waals surface area contributed by atoms with Crippen LogP contribution in [0.3, 0.4) is 0 Å². The van der Waals surface area contributed by atoms with Crippen molar-refractivity contribution in [1.82, 2.24) is 24.5 Å². The SMILES string of the molecule is Cc1cc2nc(-c3[c-]c4oc5nc(C)cc(C)c5c4cc3)n(-c3c(C(C)C)cccc3C(C)C)c2cn1.[2H]C([2H])([2H])c1cc(F)c[c-]c1-c1cc(CC(C)C)c([Si](C)(C)C)cn1.[Ir]. The smallest absolute Gasteiger partial charge is 0.216 e. The number of fused-ring (bicyclic) bond motifs is 4. The fraction of sp³-hybridized carbons (Fsp3) is 0.333. The van der Waals surface area contributed by atoms with Gasteiger partial charge in [-0.15, -0.1) is 47.0 Å². The van der Waals surface area contributed by atoms with Crippen molar-refractivity contribution >= 4 is 46.4 Å². The van der Waals surface area contributed by atoms with Crippen LogP contribution in [-0.4, -0.2) is 32.6 Å². The number of benzene rings is 3. The molecule has 5 aromatic heterocycles. The number of hydrogen-bond donors (Lipinski definition) is 0. The Kier molecular flexibility index (Phi) is 11.9. The number of hydrogen-bond acceptors (Lipinski definition) is 5. The third-order valence-electron chi connectivity index (χ3n) is 10.8. The number of halogens is 1. The quantitative estimate of drug-likeness (QED) is 0.112. The van der Waals surface area contributed by atoms with Crippen LogP contribution in [-0.2, 0) is 26.5 Å². The van der Waals surface area contributed by atoms with E-state index in [2.05, 4.69) is 142 Å². The topological polar surface area (TPSA) is 69.6 Å². The number of furan rings is 1. The Morgan fingerprint density at radius 2 is 1.57 bits per heavy atom. The average molecular weight is 997 g/mol. The summed E-state index contributed by atoms with van der Waals surface area (Å²) in [6, 6.07) is 25.5. The summed E-state index contributed by atoms with van der Waals surface area (Å²) in [6.45, 7) is 23.8. The van der Waals surface area contributed by atoms with Gasteiger partial charge in [-0.25, -0.2) is 4.98 Å². The first-order valence-corrected chi connectivity index (χ1v) is 24.0. The predicted molar refractivity (Wildman–Crippen MR) is 245 cm³/mol. The van der Waals surface area contributed by atoms with Gasteiger partial charge in [0.2, 0.25) is 5.71 Å². The Bertz CT molecular complexity index is 2940. The molecule has 0 fully saturated rings. The minimum absolute atomic E-state index is 0. The molecule has 0 aliphatic rings. The Balaban J connectivity index is 0.000000223. The second-order valence-corrected chi connectivity index (χ2v) is 22.9. The largest absolute Gasteiger partial charge is 0.459 e. The first-order chi connectivity index (χ1) is 29.1. The molecule has 0 saturated carbocycles. The van der Waals surface area contributed by atoms with E-state index in [0.717, 1.165) is 62.6 Å². The first kappa shape index (κ1) is 40.6. The molecule has 9 heteroatoms. The van der Waals surface area contributed by atoms with Crippen molar-refractivity contribution in [3.05, 3.63) is 130 Å². The molecular formula is C51H56FIrN5OSi-2. The second-order valence-electron chi connectivity index (χ2n) is 17.8. The third kappa shape index (κ3) is 8.95. The summed E-state index contributed by atoms with van der Waals surface area (Å²) in [5.41, 5.74) is 13.0. The molecule has 0 spiro atoms. The van der Waals surface area contributed by atoms with Gasteiger partial charge in [0, 0.05) is 58.7 Å². The molecule has 0 aliphatic carbocycles. The third-order valence-corrected chi connectivity index (χ3v) is 12.8. The van der Waals surface area contributed by atoms with Crippen molar-refractivity contribution in [2.24, 2.45) is 5.92 Å². The zero-order chi connectivity index (χ0) is 45.0. The van der Waals surface area contributed by atoms with E-state index in [1.54, 1.807) is 0 Å². The zero-order valence-corrected chi connectivity index (χ0v) is 40.1. The van der Waals surface area contributed by atoms with E-state index in [1.165, 1.54) is 33.6 Å². The van der Waals surface area contributed by atoms with Gasteiger partial charge in [0.15, 0.2) is 0 Å². The summed E-state index contributed by atoms with van der Waals surface area (Å²) >= 11 is 0. The maximum absolute atomic E-state index is 13.6. The molecule has 6 nitrogen and oxygen atoms in total. The van der Waals surface area contributed by atoms with E-state index in [9.17, 15) is 4.39 Å². The van der Waals surface area contributed by atoms with Gasteiger partial charge < -0.3 is 14.0 Å². The molecule has 0 bridgehead atoms. The number of pyridine rings is 3. The van der Waals surface area contributed by atoms with E-state index in [4.69, 9.17) is 13.5 Å². The molecule has 0 amide bonds. The molecule has 0 aliphatic heterocycles. The predicted octanol–water partition coefficient (Wildman–Crippen LogP) is 13.1. The van der Waals surface area contributed by atoms with Crippen molar-refractivity contribution in [3.8, 4) is 28.3 Å². The molecular weight excluding hydrogens is 938 g/mol. The summed E-state index contributed by atoms with van der Waals surface area (Å²) in [6.07, 6.45) is 4.72. The number of nitrogens with zero attached hydrogens (tertiary/aromatic N) is 5. The molecule has 60 heavy (non-hydrogen) atoms. The molecule has 8 aromatic rings. The van der Waals surface area contributed by atoms with Crippen molar-refractivity contribution in [3.63, 3.8) is 0 Å². The van der Waals surface area contributed by atoms with E-state index in [-0.39, 0.29) is 25.7 Å². The second kappa shape index (κ2) is 17.6. The van der Waals surface area contributed by atoms with Crippen LogP contribution >= 0.6 is 0 Å². The average Bonchev–Trinajstić information content (AvgIpc) is 3.74. The first-order valence-electron chi connectivity index (χ1n) is 22.0. The molecule has 5 heterocycles. The number of aryl methyl sites for hydroxylation is 4. The van der Waals surface area contributed by atoms with E-state index in [1.807, 2.05) is 32.3 Å². The molecule has 3 aromatic carbocycles. The van der Waals surface area contributed by atoms with Crippen molar-refractivity contribution in [1.29, 1.82) is 0 Å². The van der Waals surface area contributed by atoms with Crippen LogP contribution in [0.25, 0.3) is 61.4 Å². The van der Waals surface area contributed by atoms with Gasteiger partial charge in [-0.3, -0.25) is 14.4 Å². The summed E-state index contributed by atoms with van der Waals surface area (Å²) < 4.78 is 45.2. The monoisotopic (exact) mass is 997 g/mol. The molecule has 0 saturated heterocycles. The molecule has 8 rings (SSSR count). The van der Waals surface area contributed by atoms with Gasteiger partial charge in [0.1, 0.15) is 0 Å². The maximum atomic E-state index is 13.6. The molecule has 0 N–H and O–H groups in total. The van der Waals surface area contributed by atoms with Crippen LogP contribution in [0.2, 0.25) is 19.6 Å². The Labute approximate surface area is 373 Å². The Morgan fingerprint density at radius 1 is 0.850 bits per heavy atom. The van der Waals surface area contributed by atoms with E-state index >= 15 is 0 Å². The fourth-order valence-corrected chi connectivity index (χ4v) is 9.63. The maximum Gasteiger partial charge on any atom is 0.216 e. The standard InChI is InChI=1S/C32H31N4O.C19H25FNSi.Ir/c1-17(2)23-9-8-10-24(18(3)4)30(23)36-27-16-33-20(6)14-26(27)35-31(36)22-11-12-25-28(15-22)37-32-29(25)19(5)13-21(7)34-32;1-13(2)9-15-11-18(21-12-19(15)22(4,5)6)17-8-7-16(20)10-14(17)3;/h8-14,16-18H,1-7H3;7,10-13H,9H2,1-6H3;/q2*-1;/i;3D3;. The van der Waals surface area contributed by atoms with Crippen molar-refractivity contribution in [2.45, 2.75) is 107 Å². The summed E-state index contributed by atoms with van der Waals surface area (Å²) in [5.74, 6) is 1.40. The molecule has 0 unspecified atom stereocenters. The van der Waals surface area contributed by atoms with Gasteiger partial charge in [-0.2, -0.15) is 0 Å². The summed E-state index contributed by atoms with van der Waals surface area (Å²) in [5, 5.41) is 3.35. The summed E-state index contributed by atoms with van der Waals surface area (Å²) in [7, 11) is -1.57. The molecule has 313 valence electrons. The van der Waals surface area contributed by atoms with Crippen molar-refractivity contribution in [2.75, 3.05) is 0 Å².